The smallest absolute Gasteiger partial charge is 0.748 e. The minimum atomic E-state index is -4.06. The first-order valence-corrected chi connectivity index (χ1v) is 6.22. The molecule has 0 unspecified atom stereocenters. The summed E-state index contributed by atoms with van der Waals surface area (Å²) in [7, 11) is -4.06. The molecule has 0 aliphatic carbocycles. The van der Waals surface area contributed by atoms with E-state index in [4.69, 9.17) is 0 Å². The van der Waals surface area contributed by atoms with Gasteiger partial charge in [-0.05, 0) is 12.8 Å². The Morgan fingerprint density at radius 2 is 1.79 bits per heavy atom. The van der Waals surface area contributed by atoms with Crippen LogP contribution in [0.2, 0.25) is 0 Å². The van der Waals surface area contributed by atoms with Crippen molar-refractivity contribution in [3.8, 4) is 0 Å². The van der Waals surface area contributed by atoms with Crippen LogP contribution in [0.1, 0.15) is 39.0 Å². The van der Waals surface area contributed by atoms with Gasteiger partial charge in [0.25, 0.3) is 0 Å². The number of hydrogen-bond donors (Lipinski definition) is 0. The van der Waals surface area contributed by atoms with Crippen molar-refractivity contribution in [3.05, 3.63) is 12.2 Å². The molecular formula is C9H17NaO3S. The summed E-state index contributed by atoms with van der Waals surface area (Å²) in [6.07, 6.45) is 8.73. The van der Waals surface area contributed by atoms with Gasteiger partial charge in [-0.1, -0.05) is 38.3 Å². The van der Waals surface area contributed by atoms with E-state index in [1.165, 1.54) is 25.3 Å². The first-order chi connectivity index (χ1) is 6.06. The molecule has 0 bridgehead atoms. The van der Waals surface area contributed by atoms with E-state index >= 15 is 0 Å². The Hall–Kier alpha value is 0.650. The quantitative estimate of drug-likeness (QED) is 0.245. The number of rotatable bonds is 7. The van der Waals surface area contributed by atoms with Crippen molar-refractivity contribution in [1.82, 2.24) is 0 Å². The Morgan fingerprint density at radius 1 is 1.14 bits per heavy atom. The number of hydrogen-bond acceptors (Lipinski definition) is 3. The molecule has 0 atom stereocenters. The predicted octanol–water partition coefficient (Wildman–Crippen LogP) is -0.938. The summed E-state index contributed by atoms with van der Waals surface area (Å²) in [5.74, 6) is -0.374. The van der Waals surface area contributed by atoms with Crippen LogP contribution < -0.4 is 29.6 Å². The summed E-state index contributed by atoms with van der Waals surface area (Å²) in [6.45, 7) is 2.14. The normalized spacial score (nSPS) is 11.6. The van der Waals surface area contributed by atoms with Gasteiger partial charge in [-0.2, -0.15) is 0 Å². The van der Waals surface area contributed by atoms with Gasteiger partial charge in [-0.15, -0.1) is 0 Å². The summed E-state index contributed by atoms with van der Waals surface area (Å²) in [5, 5.41) is 0. The van der Waals surface area contributed by atoms with Crippen LogP contribution in [0, 0.1) is 0 Å². The maximum atomic E-state index is 10.2. The first kappa shape index (κ1) is 17.1. The van der Waals surface area contributed by atoms with Crippen molar-refractivity contribution in [2.45, 2.75) is 39.0 Å². The monoisotopic (exact) mass is 228 g/mol. The third kappa shape index (κ3) is 15.1. The van der Waals surface area contributed by atoms with Gasteiger partial charge in [0.1, 0.15) is 0 Å². The van der Waals surface area contributed by atoms with E-state index in [1.807, 2.05) is 0 Å². The molecule has 5 heteroatoms. The largest absolute Gasteiger partial charge is 1.00 e. The minimum Gasteiger partial charge on any atom is -0.748 e. The molecule has 0 saturated heterocycles. The summed E-state index contributed by atoms with van der Waals surface area (Å²) < 4.78 is 30.5. The zero-order valence-corrected chi connectivity index (χ0v) is 11.8. The van der Waals surface area contributed by atoms with Crippen LogP contribution in [0.3, 0.4) is 0 Å². The molecule has 14 heavy (non-hydrogen) atoms. The Bertz CT molecular complexity index is 234. The second-order valence-corrected chi connectivity index (χ2v) is 4.49. The number of unbranched alkanes of at least 4 members (excludes halogenated alkanes) is 4. The van der Waals surface area contributed by atoms with Gasteiger partial charge in [0.15, 0.2) is 0 Å². The fourth-order valence-electron chi connectivity index (χ4n) is 0.993. The van der Waals surface area contributed by atoms with E-state index in [0.29, 0.717) is 0 Å². The van der Waals surface area contributed by atoms with E-state index in [9.17, 15) is 13.0 Å². The molecule has 0 saturated carbocycles. The van der Waals surface area contributed by atoms with Crippen molar-refractivity contribution in [1.29, 1.82) is 0 Å². The van der Waals surface area contributed by atoms with Gasteiger partial charge >= 0.3 is 29.6 Å². The van der Waals surface area contributed by atoms with Crippen LogP contribution in [0.5, 0.6) is 0 Å². The maximum absolute atomic E-state index is 10.2. The zero-order valence-electron chi connectivity index (χ0n) is 9.03. The molecule has 78 valence electrons. The van der Waals surface area contributed by atoms with Crippen molar-refractivity contribution in [2.24, 2.45) is 0 Å². The van der Waals surface area contributed by atoms with Crippen LogP contribution in [0.4, 0.5) is 0 Å². The predicted molar refractivity (Wildman–Crippen MR) is 52.5 cm³/mol. The Balaban J connectivity index is 0. The molecule has 0 N–H and O–H groups in total. The third-order valence-electron chi connectivity index (χ3n) is 1.69. The van der Waals surface area contributed by atoms with Crippen LogP contribution in [0.25, 0.3) is 0 Å². The van der Waals surface area contributed by atoms with Gasteiger partial charge in [-0.25, -0.2) is 8.42 Å². The van der Waals surface area contributed by atoms with E-state index in [-0.39, 0.29) is 35.3 Å². The van der Waals surface area contributed by atoms with Crippen LogP contribution in [-0.4, -0.2) is 18.7 Å². The fraction of sp³-hybridized carbons (Fsp3) is 0.778. The number of allylic oxidation sites excluding steroid dienone is 1. The fourth-order valence-corrected chi connectivity index (χ4v) is 1.36. The Labute approximate surface area is 109 Å². The van der Waals surface area contributed by atoms with E-state index in [1.54, 1.807) is 6.08 Å². The van der Waals surface area contributed by atoms with Crippen molar-refractivity contribution >= 4 is 10.1 Å². The molecule has 0 aliphatic rings. The Morgan fingerprint density at radius 3 is 2.29 bits per heavy atom. The van der Waals surface area contributed by atoms with Crippen molar-refractivity contribution in [2.75, 3.05) is 5.75 Å². The maximum Gasteiger partial charge on any atom is 1.00 e. The zero-order chi connectivity index (χ0) is 10.2. The molecule has 0 spiro atoms. The Kier molecular flexibility index (Phi) is 12.4. The molecule has 0 aromatic heterocycles. The standard InChI is InChI=1S/C9H18O3S.Na/c1-2-3-4-5-6-7-8-9-13(10,11)12;/h7-8H,2-6,9H2,1H3,(H,10,11,12);/q;+1/p-1. The SMILES string of the molecule is CCCCCCC=CCS(=O)(=O)[O-].[Na+]. The average molecular weight is 228 g/mol. The molecule has 0 amide bonds. The van der Waals surface area contributed by atoms with Crippen molar-refractivity contribution < 1.29 is 42.5 Å². The van der Waals surface area contributed by atoms with Gasteiger partial charge in [0.2, 0.25) is 0 Å². The second kappa shape index (κ2) is 10.2. The molecule has 0 rings (SSSR count). The molecule has 0 heterocycles. The van der Waals surface area contributed by atoms with E-state index in [2.05, 4.69) is 6.92 Å². The molecule has 0 aromatic carbocycles. The van der Waals surface area contributed by atoms with Crippen LogP contribution >= 0.6 is 0 Å². The van der Waals surface area contributed by atoms with Gasteiger partial charge in [0.05, 0.1) is 15.9 Å². The summed E-state index contributed by atoms with van der Waals surface area (Å²) in [4.78, 5) is 0. The summed E-state index contributed by atoms with van der Waals surface area (Å²) in [5.41, 5.74) is 0. The molecule has 0 aliphatic heterocycles. The molecule has 0 aromatic rings. The van der Waals surface area contributed by atoms with Crippen LogP contribution in [0.15, 0.2) is 12.2 Å². The molecule has 3 nitrogen and oxygen atoms in total. The van der Waals surface area contributed by atoms with E-state index in [0.717, 1.165) is 12.8 Å². The van der Waals surface area contributed by atoms with Crippen molar-refractivity contribution in [3.63, 3.8) is 0 Å². The topological polar surface area (TPSA) is 57.2 Å². The van der Waals surface area contributed by atoms with Gasteiger partial charge < -0.3 is 4.55 Å². The second-order valence-electron chi connectivity index (χ2n) is 3.05. The molecule has 0 fully saturated rings. The molecular weight excluding hydrogens is 211 g/mol. The average Bonchev–Trinajstić information content (AvgIpc) is 2.01. The van der Waals surface area contributed by atoms with Gasteiger partial charge in [-0.3, -0.25) is 0 Å². The summed E-state index contributed by atoms with van der Waals surface area (Å²) >= 11 is 0. The molecule has 0 radical (unpaired) electrons. The summed E-state index contributed by atoms with van der Waals surface area (Å²) in [6, 6.07) is 0. The van der Waals surface area contributed by atoms with Crippen LogP contribution in [-0.2, 0) is 10.1 Å². The first-order valence-electron chi connectivity index (χ1n) is 4.65. The third-order valence-corrected chi connectivity index (χ3v) is 2.29. The minimum absolute atomic E-state index is 0. The van der Waals surface area contributed by atoms with E-state index < -0.39 is 10.1 Å². The van der Waals surface area contributed by atoms with Gasteiger partial charge in [0, 0.05) is 0 Å².